The molecule has 5 nitrogen and oxygen atoms in total. The van der Waals surface area contributed by atoms with E-state index in [9.17, 15) is 0 Å². The smallest absolute Gasteiger partial charge is 0.155 e. The van der Waals surface area contributed by atoms with Crippen molar-refractivity contribution in [3.05, 3.63) is 215 Å². The van der Waals surface area contributed by atoms with Crippen LogP contribution in [-0.2, 0) is 4.74 Å². The van der Waals surface area contributed by atoms with Gasteiger partial charge in [-0.15, -0.1) is 0 Å². The maximum Gasteiger partial charge on any atom is 0.155 e. The second-order valence-corrected chi connectivity index (χ2v) is 13.2. The minimum atomic E-state index is 0.577. The molecule has 0 N–H and O–H groups in total. The number of hydrogen-bond acceptors (Lipinski definition) is 5. The summed E-state index contributed by atoms with van der Waals surface area (Å²) in [6.45, 7) is 2.75. The first-order chi connectivity index (χ1) is 26.2. The van der Waals surface area contributed by atoms with Gasteiger partial charge in [0.25, 0.3) is 0 Å². The molecule has 4 aromatic carbocycles. The lowest BCUT2D eigenvalue weighted by Gasteiger charge is -2.15. The zero-order valence-corrected chi connectivity index (χ0v) is 29.4. The molecule has 0 unspecified atom stereocenters. The van der Waals surface area contributed by atoms with Crippen LogP contribution >= 0.6 is 0 Å². The molecule has 0 saturated heterocycles. The fraction of sp³-hybridized carbons (Fsp3) is 0.0833. The van der Waals surface area contributed by atoms with E-state index in [1.54, 1.807) is 0 Å². The molecule has 0 saturated carbocycles. The van der Waals surface area contributed by atoms with Crippen molar-refractivity contribution < 1.29 is 4.74 Å². The number of benzene rings is 4. The fourth-order valence-electron chi connectivity index (χ4n) is 7.17. The number of hydrogen-bond donors (Lipinski definition) is 0. The van der Waals surface area contributed by atoms with Crippen molar-refractivity contribution in [1.29, 1.82) is 0 Å². The van der Waals surface area contributed by atoms with E-state index in [1.807, 2.05) is 30.3 Å². The Kier molecular flexibility index (Phi) is 8.58. The molecule has 8 bridgehead atoms. The molecule has 5 aliphatic rings. The standard InChI is InChI=1S/C48H36N4O/c1-2-3-30-53-48-42-31-36-24-25-37(49-36)43(32-16-8-4-9-17-32)38-26-27-39(50-38)44(33-18-10-5-11-19-33)40-28-29-41(51-40)45(34-20-12-6-13-21-34)47(52-42)46(48)35-22-14-7-15-23-35/h4-29,31H,2-3,30H2,1H3. The van der Waals surface area contributed by atoms with Crippen molar-refractivity contribution in [2.75, 3.05) is 6.61 Å². The monoisotopic (exact) mass is 684 g/mol. The summed E-state index contributed by atoms with van der Waals surface area (Å²) in [5.74, 6) is 0.749. The summed E-state index contributed by atoms with van der Waals surface area (Å²) in [7, 11) is 0. The zero-order chi connectivity index (χ0) is 35.6. The van der Waals surface area contributed by atoms with Gasteiger partial charge in [0.05, 0.1) is 52.1 Å². The van der Waals surface area contributed by atoms with Crippen LogP contribution in [0.25, 0.3) is 22.3 Å². The normalized spacial score (nSPS) is 17.4. The first kappa shape index (κ1) is 32.2. The lowest BCUT2D eigenvalue weighted by molar-refractivity contribution is 0.218. The predicted molar refractivity (Wildman–Crippen MR) is 220 cm³/mol. The predicted octanol–water partition coefficient (Wildman–Crippen LogP) is 10.8. The van der Waals surface area contributed by atoms with Crippen LogP contribution in [0.15, 0.2) is 212 Å². The van der Waals surface area contributed by atoms with Crippen molar-refractivity contribution >= 4 is 45.1 Å². The molecule has 0 fully saturated rings. The largest absolute Gasteiger partial charge is 0.491 e. The van der Waals surface area contributed by atoms with E-state index in [0.29, 0.717) is 6.61 Å². The van der Waals surface area contributed by atoms with Crippen molar-refractivity contribution in [3.63, 3.8) is 0 Å². The van der Waals surface area contributed by atoms with Gasteiger partial charge in [0, 0.05) is 16.7 Å². The van der Waals surface area contributed by atoms with Crippen LogP contribution < -0.4 is 0 Å². The Bertz CT molecular complexity index is 2500. The maximum atomic E-state index is 6.74. The van der Waals surface area contributed by atoms with Crippen molar-refractivity contribution in [2.24, 2.45) is 20.0 Å². The molecular weight excluding hydrogens is 649 g/mol. The van der Waals surface area contributed by atoms with Crippen LogP contribution in [0.5, 0.6) is 0 Å². The maximum absolute atomic E-state index is 6.74. The second kappa shape index (κ2) is 14.1. The first-order valence-corrected chi connectivity index (χ1v) is 18.2. The van der Waals surface area contributed by atoms with Gasteiger partial charge in [0.1, 0.15) is 5.70 Å². The average molecular weight is 685 g/mol. The molecule has 0 atom stereocenters. The number of fused-ring (bicyclic) bond motifs is 4. The lowest BCUT2D eigenvalue weighted by Crippen LogP contribution is -2.07. The number of ether oxygens (including phenoxy) is 1. The van der Waals surface area contributed by atoms with E-state index < -0.39 is 0 Å². The van der Waals surface area contributed by atoms with Gasteiger partial charge in [-0.05, 0) is 71.2 Å². The van der Waals surface area contributed by atoms with Crippen LogP contribution in [0.2, 0.25) is 0 Å². The Morgan fingerprint density at radius 3 is 1.43 bits per heavy atom. The molecule has 9 rings (SSSR count). The highest BCUT2D eigenvalue weighted by Gasteiger charge is 2.33. The summed E-state index contributed by atoms with van der Waals surface area (Å²) in [5, 5.41) is 0. The minimum absolute atomic E-state index is 0.577. The molecule has 5 heterocycles. The molecule has 0 aliphatic carbocycles. The second-order valence-electron chi connectivity index (χ2n) is 13.2. The van der Waals surface area contributed by atoms with E-state index in [4.69, 9.17) is 24.7 Å². The SMILES string of the molecule is CCCCOC1=C(c2ccccc2)C2=NC1=CC1=NC(=C(c3ccccc3)C3=NC(=C(c4ccccc4)C4=NC(=C2c2ccccc2)C=C4)C=C3)C=C1. The minimum Gasteiger partial charge on any atom is -0.491 e. The van der Waals surface area contributed by atoms with Gasteiger partial charge in [-0.2, -0.15) is 0 Å². The highest BCUT2D eigenvalue weighted by atomic mass is 16.5. The quantitative estimate of drug-likeness (QED) is 0.170. The van der Waals surface area contributed by atoms with Crippen molar-refractivity contribution in [3.8, 4) is 0 Å². The average Bonchev–Trinajstić information content (AvgIpc) is 4.03. The molecule has 254 valence electrons. The van der Waals surface area contributed by atoms with E-state index >= 15 is 0 Å². The van der Waals surface area contributed by atoms with Crippen molar-refractivity contribution in [2.45, 2.75) is 19.8 Å². The number of aliphatic imine (C=N–C) groups is 4. The number of unbranched alkanes of at least 4 members (excludes halogenated alkanes) is 1. The number of allylic oxidation sites excluding steroid dienone is 11. The van der Waals surface area contributed by atoms with Crippen LogP contribution in [0.3, 0.4) is 0 Å². The van der Waals surface area contributed by atoms with Gasteiger partial charge in [-0.25, -0.2) is 20.0 Å². The van der Waals surface area contributed by atoms with Gasteiger partial charge < -0.3 is 4.74 Å². The van der Waals surface area contributed by atoms with Crippen LogP contribution in [0, 0.1) is 0 Å². The third-order valence-corrected chi connectivity index (χ3v) is 9.67. The van der Waals surface area contributed by atoms with E-state index in [2.05, 4.69) is 140 Å². The summed E-state index contributed by atoms with van der Waals surface area (Å²) < 4.78 is 6.74. The van der Waals surface area contributed by atoms with Crippen LogP contribution in [0.4, 0.5) is 0 Å². The summed E-state index contributed by atoms with van der Waals surface area (Å²) in [5.41, 5.74) is 14.5. The molecule has 53 heavy (non-hydrogen) atoms. The van der Waals surface area contributed by atoms with Crippen LogP contribution in [0.1, 0.15) is 42.0 Å². The van der Waals surface area contributed by atoms with Gasteiger partial charge in [-0.1, -0.05) is 135 Å². The topological polar surface area (TPSA) is 58.7 Å². The summed E-state index contributed by atoms with van der Waals surface area (Å²) in [4.78, 5) is 21.4. The van der Waals surface area contributed by atoms with Crippen molar-refractivity contribution in [1.82, 2.24) is 0 Å². The highest BCUT2D eigenvalue weighted by Crippen LogP contribution is 2.42. The Balaban J connectivity index is 1.37. The molecule has 0 radical (unpaired) electrons. The lowest BCUT2D eigenvalue weighted by atomic mass is 9.90. The number of rotatable bonds is 8. The molecule has 4 aromatic rings. The van der Waals surface area contributed by atoms with E-state index in [1.165, 1.54) is 0 Å². The zero-order valence-electron chi connectivity index (χ0n) is 29.4. The summed E-state index contributed by atoms with van der Waals surface area (Å²) in [6, 6.07) is 41.6. The molecular formula is C48H36N4O. The molecule has 0 spiro atoms. The Morgan fingerprint density at radius 2 is 0.906 bits per heavy atom. The van der Waals surface area contributed by atoms with E-state index in [-0.39, 0.29) is 0 Å². The van der Waals surface area contributed by atoms with E-state index in [0.717, 1.165) is 109 Å². The molecule has 0 aromatic heterocycles. The molecule has 0 amide bonds. The van der Waals surface area contributed by atoms with Crippen LogP contribution in [-0.4, -0.2) is 29.5 Å². The van der Waals surface area contributed by atoms with Gasteiger partial charge in [0.15, 0.2) is 5.76 Å². The Morgan fingerprint density at radius 1 is 0.453 bits per heavy atom. The Hall–Kier alpha value is -6.72. The van der Waals surface area contributed by atoms with Gasteiger partial charge >= 0.3 is 0 Å². The Labute approximate surface area is 310 Å². The molecule has 5 heteroatoms. The summed E-state index contributed by atoms with van der Waals surface area (Å²) >= 11 is 0. The van der Waals surface area contributed by atoms with Gasteiger partial charge in [-0.3, -0.25) is 0 Å². The summed E-state index contributed by atoms with van der Waals surface area (Å²) in [6.07, 6.45) is 16.5. The fourth-order valence-corrected chi connectivity index (χ4v) is 7.17. The number of nitrogens with zero attached hydrogens (tertiary/aromatic N) is 4. The highest BCUT2D eigenvalue weighted by molar-refractivity contribution is 6.48. The molecule has 5 aliphatic heterocycles. The third kappa shape index (κ3) is 6.17. The van der Waals surface area contributed by atoms with Gasteiger partial charge in [0.2, 0.25) is 0 Å². The first-order valence-electron chi connectivity index (χ1n) is 18.2. The third-order valence-electron chi connectivity index (χ3n) is 9.67.